The Hall–Kier alpha value is -2.11. The molecular weight excluding hydrogens is 242 g/mol. The van der Waals surface area contributed by atoms with Gasteiger partial charge in [-0.3, -0.25) is 9.48 Å². The monoisotopic (exact) mass is 261 g/mol. The number of aryl methyl sites for hydroxylation is 1. The van der Waals surface area contributed by atoms with Crippen molar-refractivity contribution in [3.63, 3.8) is 0 Å². The minimum absolute atomic E-state index is 0.0460. The first-order valence-corrected chi connectivity index (χ1v) is 6.38. The van der Waals surface area contributed by atoms with E-state index in [0.29, 0.717) is 13.1 Å². The molecule has 0 radical (unpaired) electrons. The molecule has 1 unspecified atom stereocenters. The second-order valence-corrected chi connectivity index (χ2v) is 4.62. The topological polar surface area (TPSA) is 64.7 Å². The van der Waals surface area contributed by atoms with Crippen molar-refractivity contribution in [3.05, 3.63) is 36.7 Å². The number of nitrogens with one attached hydrogen (secondary N) is 1. The molecule has 0 aliphatic heterocycles. The fourth-order valence-corrected chi connectivity index (χ4v) is 1.88. The summed E-state index contributed by atoms with van der Waals surface area (Å²) in [7, 11) is 1.95. The SMILES string of the molecule is CC(Cn1cccn1)C(=O)NCCc1nccn1C. The van der Waals surface area contributed by atoms with E-state index in [1.165, 1.54) is 0 Å². The second kappa shape index (κ2) is 6.17. The van der Waals surface area contributed by atoms with Gasteiger partial charge in [0.25, 0.3) is 0 Å². The molecule has 1 amide bonds. The third-order valence-electron chi connectivity index (χ3n) is 3.04. The van der Waals surface area contributed by atoms with E-state index in [1.54, 1.807) is 17.1 Å². The number of nitrogens with zero attached hydrogens (tertiary/aromatic N) is 4. The van der Waals surface area contributed by atoms with E-state index in [2.05, 4.69) is 15.4 Å². The summed E-state index contributed by atoms with van der Waals surface area (Å²) < 4.78 is 3.72. The van der Waals surface area contributed by atoms with Crippen molar-refractivity contribution in [1.82, 2.24) is 24.6 Å². The average Bonchev–Trinajstić information content (AvgIpc) is 3.02. The van der Waals surface area contributed by atoms with Gasteiger partial charge < -0.3 is 9.88 Å². The smallest absolute Gasteiger partial charge is 0.224 e. The fourth-order valence-electron chi connectivity index (χ4n) is 1.88. The van der Waals surface area contributed by atoms with Crippen LogP contribution in [0.4, 0.5) is 0 Å². The molecule has 0 saturated heterocycles. The molecule has 0 aliphatic carbocycles. The lowest BCUT2D eigenvalue weighted by Crippen LogP contribution is -2.33. The van der Waals surface area contributed by atoms with E-state index in [1.807, 2.05) is 37.0 Å². The zero-order valence-electron chi connectivity index (χ0n) is 11.3. The summed E-state index contributed by atoms with van der Waals surface area (Å²) in [6, 6.07) is 1.85. The maximum Gasteiger partial charge on any atom is 0.224 e. The molecule has 6 heteroatoms. The largest absolute Gasteiger partial charge is 0.355 e. The number of carbonyl (C=O) groups is 1. The molecule has 2 heterocycles. The van der Waals surface area contributed by atoms with Crippen LogP contribution in [0.2, 0.25) is 0 Å². The third-order valence-corrected chi connectivity index (χ3v) is 3.04. The van der Waals surface area contributed by atoms with Crippen LogP contribution in [0.15, 0.2) is 30.9 Å². The highest BCUT2D eigenvalue weighted by Crippen LogP contribution is 2.00. The first-order chi connectivity index (χ1) is 9.16. The molecule has 102 valence electrons. The first kappa shape index (κ1) is 13.3. The number of carbonyl (C=O) groups excluding carboxylic acids is 1. The highest BCUT2D eigenvalue weighted by molar-refractivity contribution is 5.78. The normalized spacial score (nSPS) is 12.3. The molecule has 1 atom stereocenters. The maximum absolute atomic E-state index is 11.9. The lowest BCUT2D eigenvalue weighted by molar-refractivity contribution is -0.124. The van der Waals surface area contributed by atoms with Gasteiger partial charge in [0.15, 0.2) is 0 Å². The van der Waals surface area contributed by atoms with Gasteiger partial charge in [0.2, 0.25) is 5.91 Å². The molecule has 2 aromatic rings. The standard InChI is InChI=1S/C13H19N5O/c1-11(10-18-8-3-5-16-18)13(19)15-6-4-12-14-7-9-17(12)2/h3,5,7-9,11H,4,6,10H2,1-2H3,(H,15,19). The molecule has 0 aliphatic rings. The van der Waals surface area contributed by atoms with Gasteiger partial charge in [0, 0.05) is 44.8 Å². The Labute approximate surface area is 112 Å². The van der Waals surface area contributed by atoms with E-state index in [4.69, 9.17) is 0 Å². The zero-order valence-corrected chi connectivity index (χ0v) is 11.3. The van der Waals surface area contributed by atoms with E-state index < -0.39 is 0 Å². The third kappa shape index (κ3) is 3.67. The van der Waals surface area contributed by atoms with Crippen LogP contribution >= 0.6 is 0 Å². The molecule has 0 fully saturated rings. The number of imidazole rings is 1. The van der Waals surface area contributed by atoms with E-state index in [9.17, 15) is 4.79 Å². The summed E-state index contributed by atoms with van der Waals surface area (Å²) in [5.74, 6) is 0.922. The van der Waals surface area contributed by atoms with Crippen molar-refractivity contribution >= 4 is 5.91 Å². The van der Waals surface area contributed by atoms with Crippen LogP contribution in [0.3, 0.4) is 0 Å². The fraction of sp³-hybridized carbons (Fsp3) is 0.462. The highest BCUT2D eigenvalue weighted by Gasteiger charge is 2.13. The molecule has 19 heavy (non-hydrogen) atoms. The predicted octanol–water partition coefficient (Wildman–Crippen LogP) is 0.612. The summed E-state index contributed by atoms with van der Waals surface area (Å²) in [5, 5.41) is 7.02. The number of amides is 1. The van der Waals surface area contributed by atoms with E-state index in [0.717, 1.165) is 12.2 Å². The van der Waals surface area contributed by atoms with Crippen LogP contribution in [0.25, 0.3) is 0 Å². The van der Waals surface area contributed by atoms with E-state index >= 15 is 0 Å². The summed E-state index contributed by atoms with van der Waals surface area (Å²) in [4.78, 5) is 16.1. The molecular formula is C13H19N5O. The van der Waals surface area contributed by atoms with Gasteiger partial charge in [-0.25, -0.2) is 4.98 Å². The van der Waals surface area contributed by atoms with Gasteiger partial charge in [0.1, 0.15) is 5.82 Å². The number of hydrogen-bond donors (Lipinski definition) is 1. The molecule has 2 rings (SSSR count). The van der Waals surface area contributed by atoms with Crippen molar-refractivity contribution in [2.45, 2.75) is 19.9 Å². The van der Waals surface area contributed by atoms with Crippen molar-refractivity contribution < 1.29 is 4.79 Å². The Bertz CT molecular complexity index is 517. The molecule has 0 aromatic carbocycles. The molecule has 2 aromatic heterocycles. The molecule has 6 nitrogen and oxygen atoms in total. The van der Waals surface area contributed by atoms with Crippen molar-refractivity contribution in [2.24, 2.45) is 13.0 Å². The maximum atomic E-state index is 11.9. The molecule has 0 saturated carbocycles. The highest BCUT2D eigenvalue weighted by atomic mass is 16.1. The van der Waals surface area contributed by atoms with E-state index in [-0.39, 0.29) is 11.8 Å². The summed E-state index contributed by atoms with van der Waals surface area (Å²) in [6.07, 6.45) is 7.97. The van der Waals surface area contributed by atoms with Crippen LogP contribution in [0.1, 0.15) is 12.7 Å². The Morgan fingerprint density at radius 1 is 1.42 bits per heavy atom. The summed E-state index contributed by atoms with van der Waals surface area (Å²) in [6.45, 7) is 3.10. The molecule has 0 bridgehead atoms. The molecule has 1 N–H and O–H groups in total. The van der Waals surface area contributed by atoms with Crippen LogP contribution in [0, 0.1) is 5.92 Å². The summed E-state index contributed by atoms with van der Waals surface area (Å²) >= 11 is 0. The lowest BCUT2D eigenvalue weighted by Gasteiger charge is -2.12. The van der Waals surface area contributed by atoms with Crippen LogP contribution < -0.4 is 5.32 Å². The van der Waals surface area contributed by atoms with Crippen LogP contribution in [-0.4, -0.2) is 31.8 Å². The minimum atomic E-state index is -0.0960. The minimum Gasteiger partial charge on any atom is -0.355 e. The van der Waals surface area contributed by atoms with Gasteiger partial charge >= 0.3 is 0 Å². The van der Waals surface area contributed by atoms with Crippen LogP contribution in [0.5, 0.6) is 0 Å². The van der Waals surface area contributed by atoms with Gasteiger partial charge in [-0.05, 0) is 6.07 Å². The van der Waals surface area contributed by atoms with Gasteiger partial charge in [0.05, 0.1) is 12.5 Å². The lowest BCUT2D eigenvalue weighted by atomic mass is 10.1. The van der Waals surface area contributed by atoms with Gasteiger partial charge in [-0.2, -0.15) is 5.10 Å². The first-order valence-electron chi connectivity index (χ1n) is 6.38. The molecule has 0 spiro atoms. The van der Waals surface area contributed by atoms with Gasteiger partial charge in [-0.15, -0.1) is 0 Å². The number of aromatic nitrogens is 4. The number of rotatable bonds is 6. The Balaban J connectivity index is 1.73. The summed E-state index contributed by atoms with van der Waals surface area (Å²) in [5.41, 5.74) is 0. The van der Waals surface area contributed by atoms with Crippen molar-refractivity contribution in [1.29, 1.82) is 0 Å². The number of hydrogen-bond acceptors (Lipinski definition) is 3. The van der Waals surface area contributed by atoms with Crippen molar-refractivity contribution in [3.8, 4) is 0 Å². The zero-order chi connectivity index (χ0) is 13.7. The average molecular weight is 261 g/mol. The Morgan fingerprint density at radius 2 is 2.26 bits per heavy atom. The van der Waals surface area contributed by atoms with Gasteiger partial charge in [-0.1, -0.05) is 6.92 Å². The predicted molar refractivity (Wildman–Crippen MR) is 71.3 cm³/mol. The Morgan fingerprint density at radius 3 is 2.89 bits per heavy atom. The van der Waals surface area contributed by atoms with Crippen LogP contribution in [-0.2, 0) is 24.8 Å². The Kier molecular flexibility index (Phi) is 4.33. The van der Waals surface area contributed by atoms with Crippen molar-refractivity contribution in [2.75, 3.05) is 6.54 Å². The quantitative estimate of drug-likeness (QED) is 0.828. The second-order valence-electron chi connectivity index (χ2n) is 4.62.